The second-order valence-electron chi connectivity index (χ2n) is 2.60. The van der Waals surface area contributed by atoms with Crippen LogP contribution < -0.4 is 5.32 Å². The molecule has 1 aromatic rings. The maximum Gasteiger partial charge on any atom is 0.217 e. The van der Waals surface area contributed by atoms with E-state index in [-0.39, 0.29) is 5.91 Å². The van der Waals surface area contributed by atoms with Gasteiger partial charge in [0.05, 0.1) is 5.02 Å². The summed E-state index contributed by atoms with van der Waals surface area (Å²) in [5, 5.41) is 3.12. The average molecular weight is 212 g/mol. The molecule has 0 aromatic carbocycles. The minimum Gasteiger partial charge on any atom is -0.353 e. The van der Waals surface area contributed by atoms with Gasteiger partial charge < -0.3 is 5.32 Å². The molecule has 0 atom stereocenters. The van der Waals surface area contributed by atoms with Crippen LogP contribution in [0.25, 0.3) is 6.08 Å². The van der Waals surface area contributed by atoms with Gasteiger partial charge in [-0.25, -0.2) is 9.97 Å². The van der Waals surface area contributed by atoms with Gasteiger partial charge in [0.2, 0.25) is 5.91 Å². The second kappa shape index (κ2) is 5.34. The molecule has 1 aromatic heterocycles. The molecule has 1 amide bonds. The van der Waals surface area contributed by atoms with Crippen molar-refractivity contribution < 1.29 is 4.79 Å². The van der Waals surface area contributed by atoms with Crippen LogP contribution in [0.1, 0.15) is 12.7 Å². The summed E-state index contributed by atoms with van der Waals surface area (Å²) in [6, 6.07) is 0. The largest absolute Gasteiger partial charge is 0.353 e. The molecule has 0 saturated heterocycles. The molecule has 5 heteroatoms. The van der Waals surface area contributed by atoms with Crippen LogP contribution in [-0.4, -0.2) is 22.4 Å². The fourth-order valence-corrected chi connectivity index (χ4v) is 0.873. The zero-order valence-corrected chi connectivity index (χ0v) is 8.45. The summed E-state index contributed by atoms with van der Waals surface area (Å²) in [6.07, 6.45) is 6.52. The summed E-state index contributed by atoms with van der Waals surface area (Å²) in [6.45, 7) is 1.94. The Morgan fingerprint density at radius 1 is 1.57 bits per heavy atom. The number of halogens is 1. The molecule has 14 heavy (non-hydrogen) atoms. The predicted molar refractivity (Wildman–Crippen MR) is 54.8 cm³/mol. The Bertz CT molecular complexity index is 334. The maximum atomic E-state index is 10.5. The number of carbonyl (C=O) groups excluding carboxylic acids is 1. The Balaban J connectivity index is 2.44. The van der Waals surface area contributed by atoms with Crippen LogP contribution in [0.4, 0.5) is 0 Å². The van der Waals surface area contributed by atoms with Gasteiger partial charge in [-0.2, -0.15) is 0 Å². The van der Waals surface area contributed by atoms with Crippen molar-refractivity contribution in [2.24, 2.45) is 0 Å². The molecule has 1 rings (SSSR count). The average Bonchev–Trinajstić information content (AvgIpc) is 2.15. The highest BCUT2D eigenvalue weighted by atomic mass is 35.5. The third-order valence-electron chi connectivity index (χ3n) is 1.38. The maximum absolute atomic E-state index is 10.5. The Kier molecular flexibility index (Phi) is 4.07. The number of hydrogen-bond acceptors (Lipinski definition) is 3. The Morgan fingerprint density at radius 3 is 2.79 bits per heavy atom. The first-order valence-electron chi connectivity index (χ1n) is 4.07. The number of aromatic nitrogens is 2. The van der Waals surface area contributed by atoms with E-state index in [1.54, 1.807) is 12.2 Å². The van der Waals surface area contributed by atoms with Gasteiger partial charge in [0.15, 0.2) is 5.82 Å². The molecule has 0 radical (unpaired) electrons. The Labute approximate surface area is 87.0 Å². The van der Waals surface area contributed by atoms with Crippen LogP contribution in [0.2, 0.25) is 5.02 Å². The lowest BCUT2D eigenvalue weighted by molar-refractivity contribution is -0.118. The highest BCUT2D eigenvalue weighted by Crippen LogP contribution is 2.03. The summed E-state index contributed by atoms with van der Waals surface area (Å²) in [5.41, 5.74) is 0. The van der Waals surface area contributed by atoms with Crippen LogP contribution in [0.15, 0.2) is 18.5 Å². The van der Waals surface area contributed by atoms with Crippen molar-refractivity contribution in [1.82, 2.24) is 15.3 Å². The Hall–Kier alpha value is -1.42. The summed E-state index contributed by atoms with van der Waals surface area (Å²) < 4.78 is 0. The minimum atomic E-state index is -0.0633. The van der Waals surface area contributed by atoms with Gasteiger partial charge in [0.25, 0.3) is 0 Å². The van der Waals surface area contributed by atoms with E-state index in [1.165, 1.54) is 19.3 Å². The van der Waals surface area contributed by atoms with Crippen molar-refractivity contribution in [3.05, 3.63) is 29.3 Å². The van der Waals surface area contributed by atoms with Gasteiger partial charge >= 0.3 is 0 Å². The van der Waals surface area contributed by atoms with E-state index in [9.17, 15) is 4.79 Å². The van der Waals surface area contributed by atoms with E-state index < -0.39 is 0 Å². The molecule has 0 bridgehead atoms. The highest BCUT2D eigenvalue weighted by Gasteiger charge is 1.90. The van der Waals surface area contributed by atoms with E-state index in [2.05, 4.69) is 15.3 Å². The van der Waals surface area contributed by atoms with Crippen LogP contribution in [0, 0.1) is 0 Å². The van der Waals surface area contributed by atoms with Crippen LogP contribution in [-0.2, 0) is 4.79 Å². The molecular weight excluding hydrogens is 202 g/mol. The van der Waals surface area contributed by atoms with Gasteiger partial charge in [0.1, 0.15) is 0 Å². The van der Waals surface area contributed by atoms with E-state index in [1.807, 2.05) is 0 Å². The second-order valence-corrected chi connectivity index (χ2v) is 3.04. The third kappa shape index (κ3) is 4.00. The summed E-state index contributed by atoms with van der Waals surface area (Å²) >= 11 is 5.61. The van der Waals surface area contributed by atoms with Crippen molar-refractivity contribution >= 4 is 23.6 Å². The molecular formula is C9H10ClN3O. The fourth-order valence-electron chi connectivity index (χ4n) is 0.775. The first kappa shape index (κ1) is 10.7. The number of rotatable bonds is 3. The lowest BCUT2D eigenvalue weighted by atomic mass is 10.4. The third-order valence-corrected chi connectivity index (χ3v) is 1.57. The van der Waals surface area contributed by atoms with E-state index >= 15 is 0 Å². The van der Waals surface area contributed by atoms with Crippen molar-refractivity contribution in [3.8, 4) is 0 Å². The topological polar surface area (TPSA) is 54.9 Å². The molecule has 0 aliphatic carbocycles. The fraction of sp³-hybridized carbons (Fsp3) is 0.222. The number of amides is 1. The quantitative estimate of drug-likeness (QED) is 0.820. The molecule has 0 aliphatic rings. The van der Waals surface area contributed by atoms with Crippen LogP contribution in [0.3, 0.4) is 0 Å². The Morgan fingerprint density at radius 2 is 2.21 bits per heavy atom. The summed E-state index contributed by atoms with van der Waals surface area (Å²) in [5.74, 6) is 0.506. The molecule has 0 aliphatic heterocycles. The van der Waals surface area contributed by atoms with E-state index in [0.717, 1.165) is 0 Å². The normalized spacial score (nSPS) is 10.4. The smallest absolute Gasteiger partial charge is 0.217 e. The molecule has 0 saturated carbocycles. The summed E-state index contributed by atoms with van der Waals surface area (Å²) in [7, 11) is 0. The summed E-state index contributed by atoms with van der Waals surface area (Å²) in [4.78, 5) is 18.4. The van der Waals surface area contributed by atoms with E-state index in [0.29, 0.717) is 17.4 Å². The SMILES string of the molecule is CC(=O)NCC=Cc1ncc(Cl)cn1. The zero-order chi connectivity index (χ0) is 10.4. The molecule has 1 N–H and O–H groups in total. The molecule has 4 nitrogen and oxygen atoms in total. The van der Waals surface area contributed by atoms with Crippen molar-refractivity contribution in [2.45, 2.75) is 6.92 Å². The van der Waals surface area contributed by atoms with Gasteiger partial charge in [-0.05, 0) is 6.08 Å². The van der Waals surface area contributed by atoms with Gasteiger partial charge in [0, 0.05) is 25.9 Å². The number of nitrogens with zero attached hydrogens (tertiary/aromatic N) is 2. The lowest BCUT2D eigenvalue weighted by Crippen LogP contribution is -2.19. The molecule has 0 fully saturated rings. The molecule has 74 valence electrons. The lowest BCUT2D eigenvalue weighted by Gasteiger charge is -1.94. The zero-order valence-electron chi connectivity index (χ0n) is 7.70. The number of nitrogens with one attached hydrogen (secondary N) is 1. The van der Waals surface area contributed by atoms with Crippen LogP contribution >= 0.6 is 11.6 Å². The first-order valence-corrected chi connectivity index (χ1v) is 4.45. The number of hydrogen-bond donors (Lipinski definition) is 1. The molecule has 0 spiro atoms. The van der Waals surface area contributed by atoms with Crippen LogP contribution in [0.5, 0.6) is 0 Å². The van der Waals surface area contributed by atoms with Gasteiger partial charge in [-0.1, -0.05) is 17.7 Å². The minimum absolute atomic E-state index is 0.0633. The van der Waals surface area contributed by atoms with Gasteiger partial charge in [-0.15, -0.1) is 0 Å². The van der Waals surface area contributed by atoms with Crippen molar-refractivity contribution in [1.29, 1.82) is 0 Å². The monoisotopic (exact) mass is 211 g/mol. The number of carbonyl (C=O) groups is 1. The highest BCUT2D eigenvalue weighted by molar-refractivity contribution is 6.30. The van der Waals surface area contributed by atoms with Gasteiger partial charge in [-0.3, -0.25) is 4.79 Å². The molecule has 0 unspecified atom stereocenters. The first-order chi connectivity index (χ1) is 6.68. The van der Waals surface area contributed by atoms with E-state index in [4.69, 9.17) is 11.6 Å². The van der Waals surface area contributed by atoms with Crippen molar-refractivity contribution in [3.63, 3.8) is 0 Å². The standard InChI is InChI=1S/C9H10ClN3O/c1-7(14)11-4-2-3-9-12-5-8(10)6-13-9/h2-3,5-6H,4H2,1H3,(H,11,14). The molecule has 1 heterocycles. The van der Waals surface area contributed by atoms with Crippen molar-refractivity contribution in [2.75, 3.05) is 6.54 Å². The predicted octanol–water partition coefficient (Wildman–Crippen LogP) is 1.28.